The molecule has 19 heteroatoms. The van der Waals surface area contributed by atoms with Crippen molar-refractivity contribution in [2.24, 2.45) is 23.5 Å². The van der Waals surface area contributed by atoms with Crippen LogP contribution in [0.5, 0.6) is 0 Å². The second-order valence-corrected chi connectivity index (χ2v) is 19.1. The number of ketones is 3. The molecule has 9 atom stereocenters. The molecule has 354 valence electrons. The summed E-state index contributed by atoms with van der Waals surface area (Å²) in [6.45, 7) is 19.3. The van der Waals surface area contributed by atoms with Crippen molar-refractivity contribution < 1.29 is 77.4 Å². The molecule has 5 unspecified atom stereocenters. The van der Waals surface area contributed by atoms with Crippen molar-refractivity contribution in [2.75, 3.05) is 0 Å². The maximum atomic E-state index is 14.2. The molecule has 1 aliphatic rings. The van der Waals surface area contributed by atoms with E-state index in [1.807, 2.05) is 0 Å². The third-order valence-electron chi connectivity index (χ3n) is 9.52. The SMILES string of the molecule is CCC1OC(C(=O)C[C@@H](CC(=O)OC(C)(C)C)C(=O)N[C@@H](CCC(=O)OC(C)(C)C)C(=O)C[C@H](C(=O)N[C@@H](CC(=O)OC(C)(C)C)C(=O)CCC(N)=O)C(C)C)C(O)C(O)C1O. The summed E-state index contributed by atoms with van der Waals surface area (Å²) < 4.78 is 21.7. The first-order valence-electron chi connectivity index (χ1n) is 21.1. The van der Waals surface area contributed by atoms with Gasteiger partial charge < -0.3 is 50.6 Å². The van der Waals surface area contributed by atoms with E-state index in [9.17, 15) is 58.5 Å². The van der Waals surface area contributed by atoms with E-state index in [2.05, 4.69) is 10.6 Å². The minimum atomic E-state index is -1.88. The number of esters is 3. The van der Waals surface area contributed by atoms with E-state index in [1.165, 1.54) is 0 Å². The van der Waals surface area contributed by atoms with Gasteiger partial charge in [-0.2, -0.15) is 0 Å². The van der Waals surface area contributed by atoms with Gasteiger partial charge in [-0.3, -0.25) is 43.2 Å². The van der Waals surface area contributed by atoms with Crippen molar-refractivity contribution in [2.45, 2.75) is 200 Å². The number of hydrogen-bond donors (Lipinski definition) is 6. The summed E-state index contributed by atoms with van der Waals surface area (Å²) in [6.07, 6.45) is -11.8. The number of ether oxygens (including phenoxy) is 4. The summed E-state index contributed by atoms with van der Waals surface area (Å²) >= 11 is 0. The first-order chi connectivity index (χ1) is 28.2. The highest BCUT2D eigenvalue weighted by Crippen LogP contribution is 2.27. The molecule has 0 aliphatic carbocycles. The number of hydrogen-bond acceptors (Lipinski definition) is 16. The molecule has 0 saturated carbocycles. The maximum Gasteiger partial charge on any atom is 0.308 e. The Bertz CT molecular complexity index is 1610. The monoisotopic (exact) mass is 885 g/mol. The van der Waals surface area contributed by atoms with E-state index in [4.69, 9.17) is 24.7 Å². The van der Waals surface area contributed by atoms with Gasteiger partial charge in [-0.05, 0) is 81.1 Å². The average Bonchev–Trinajstić information content (AvgIpc) is 3.10. The largest absolute Gasteiger partial charge is 0.460 e. The quantitative estimate of drug-likeness (QED) is 0.0625. The Labute approximate surface area is 364 Å². The van der Waals surface area contributed by atoms with Crippen LogP contribution in [0.25, 0.3) is 0 Å². The van der Waals surface area contributed by atoms with Gasteiger partial charge in [0.25, 0.3) is 0 Å². The summed E-state index contributed by atoms with van der Waals surface area (Å²) in [7, 11) is 0. The van der Waals surface area contributed by atoms with Crippen LogP contribution in [0.4, 0.5) is 0 Å². The Balaban J connectivity index is 3.58. The van der Waals surface area contributed by atoms with Crippen molar-refractivity contribution in [3.63, 3.8) is 0 Å². The number of aliphatic hydroxyl groups is 3. The minimum absolute atomic E-state index is 0.156. The minimum Gasteiger partial charge on any atom is -0.460 e. The zero-order chi connectivity index (χ0) is 48.1. The third kappa shape index (κ3) is 20.2. The summed E-state index contributed by atoms with van der Waals surface area (Å²) in [4.78, 5) is 119. The Morgan fingerprint density at radius 2 is 1.11 bits per heavy atom. The van der Waals surface area contributed by atoms with Gasteiger partial charge in [0.1, 0.15) is 41.2 Å². The molecule has 7 N–H and O–H groups in total. The normalized spacial score (nSPS) is 21.4. The highest BCUT2D eigenvalue weighted by atomic mass is 16.6. The molecule has 62 heavy (non-hydrogen) atoms. The summed E-state index contributed by atoms with van der Waals surface area (Å²) in [5.74, 6) is -10.7. The third-order valence-corrected chi connectivity index (χ3v) is 9.52. The summed E-state index contributed by atoms with van der Waals surface area (Å²) in [6, 6.07) is -2.96. The standard InChI is InChI=1S/C43H71N3O16/c1-13-30-35(54)36(55)37(56)38(59-30)29(49)18-23(19-33(52)61-42(7,8)9)39(57)45-25(14-17-32(51)60-41(4,5)6)28(48)20-24(22(2)3)40(58)46-26(27(47)15-16-31(44)50)21-34(53)62-43(10,11)12/h22-26,30,35-38,54-56H,13-21H2,1-12H3,(H2,44,50)(H,45,57)(H,46,58)/t23-,24-,25-,26-,30?,35?,36?,37?,38?/m0/s1. The Kier molecular flexibility index (Phi) is 21.5. The number of Topliss-reactive ketones (excluding diaryl/α,β-unsaturated/α-hetero) is 3. The van der Waals surface area contributed by atoms with Crippen LogP contribution >= 0.6 is 0 Å². The molecule has 19 nitrogen and oxygen atoms in total. The molecule has 0 aromatic rings. The molecule has 0 aromatic carbocycles. The number of amides is 3. The van der Waals surface area contributed by atoms with Crippen LogP contribution in [0.2, 0.25) is 0 Å². The lowest BCUT2D eigenvalue weighted by Gasteiger charge is -2.40. The molecular weight excluding hydrogens is 814 g/mol. The second kappa shape index (κ2) is 23.9. The van der Waals surface area contributed by atoms with Crippen LogP contribution in [-0.2, 0) is 62.1 Å². The lowest BCUT2D eigenvalue weighted by Crippen LogP contribution is -2.59. The van der Waals surface area contributed by atoms with Crippen LogP contribution in [-0.4, -0.2) is 128 Å². The number of rotatable bonds is 23. The number of carbonyl (C=O) groups is 9. The van der Waals surface area contributed by atoms with E-state index < -0.39 is 169 Å². The lowest BCUT2D eigenvalue weighted by atomic mass is 9.86. The van der Waals surface area contributed by atoms with Crippen molar-refractivity contribution in [3.05, 3.63) is 0 Å². The Morgan fingerprint density at radius 1 is 0.613 bits per heavy atom. The first kappa shape index (κ1) is 55.7. The topological polar surface area (TPSA) is 301 Å². The van der Waals surface area contributed by atoms with E-state index in [0.29, 0.717) is 0 Å². The predicted molar refractivity (Wildman–Crippen MR) is 221 cm³/mol. The smallest absolute Gasteiger partial charge is 0.308 e. The predicted octanol–water partition coefficient (Wildman–Crippen LogP) is 1.44. The fourth-order valence-electron chi connectivity index (χ4n) is 6.50. The van der Waals surface area contributed by atoms with Crippen LogP contribution in [0.15, 0.2) is 0 Å². The molecule has 0 aromatic heterocycles. The molecule has 1 rings (SSSR count). The van der Waals surface area contributed by atoms with E-state index in [0.717, 1.165) is 0 Å². The summed E-state index contributed by atoms with van der Waals surface area (Å²) in [5.41, 5.74) is 2.38. The van der Waals surface area contributed by atoms with Crippen LogP contribution < -0.4 is 16.4 Å². The number of nitrogens with two attached hydrogens (primary N) is 1. The lowest BCUT2D eigenvalue weighted by molar-refractivity contribution is -0.220. The summed E-state index contributed by atoms with van der Waals surface area (Å²) in [5, 5.41) is 36.5. The number of primary amides is 1. The molecular formula is C43H71N3O16. The Hall–Kier alpha value is -4.33. The van der Waals surface area contributed by atoms with Gasteiger partial charge in [0, 0.05) is 38.0 Å². The molecule has 1 aliphatic heterocycles. The molecule has 0 bridgehead atoms. The number of carbonyl (C=O) groups excluding carboxylic acids is 9. The number of nitrogens with one attached hydrogen (secondary N) is 2. The van der Waals surface area contributed by atoms with E-state index in [-0.39, 0.29) is 19.3 Å². The fourth-order valence-corrected chi connectivity index (χ4v) is 6.50. The van der Waals surface area contributed by atoms with Gasteiger partial charge in [0.05, 0.1) is 36.9 Å². The van der Waals surface area contributed by atoms with Crippen molar-refractivity contribution in [1.29, 1.82) is 0 Å². The van der Waals surface area contributed by atoms with E-state index in [1.54, 1.807) is 83.1 Å². The van der Waals surface area contributed by atoms with Crippen LogP contribution in [0, 0.1) is 17.8 Å². The molecule has 1 heterocycles. The highest BCUT2D eigenvalue weighted by molar-refractivity contribution is 5.98. The number of aliphatic hydroxyl groups excluding tert-OH is 3. The van der Waals surface area contributed by atoms with Gasteiger partial charge in [-0.25, -0.2) is 0 Å². The van der Waals surface area contributed by atoms with Gasteiger partial charge in [-0.15, -0.1) is 0 Å². The van der Waals surface area contributed by atoms with Crippen molar-refractivity contribution >= 4 is 53.0 Å². The second-order valence-electron chi connectivity index (χ2n) is 19.1. The van der Waals surface area contributed by atoms with Crippen LogP contribution in [0.3, 0.4) is 0 Å². The molecule has 0 radical (unpaired) electrons. The zero-order valence-electron chi connectivity index (χ0n) is 38.4. The molecule has 1 saturated heterocycles. The van der Waals surface area contributed by atoms with E-state index >= 15 is 0 Å². The average molecular weight is 886 g/mol. The molecule has 3 amide bonds. The molecule has 1 fully saturated rings. The highest BCUT2D eigenvalue weighted by Gasteiger charge is 2.47. The van der Waals surface area contributed by atoms with Gasteiger partial charge in [-0.1, -0.05) is 20.8 Å². The van der Waals surface area contributed by atoms with Gasteiger partial charge >= 0.3 is 17.9 Å². The molecule has 0 spiro atoms. The van der Waals surface area contributed by atoms with Crippen molar-refractivity contribution in [1.82, 2.24) is 10.6 Å². The Morgan fingerprint density at radius 3 is 1.60 bits per heavy atom. The van der Waals surface area contributed by atoms with Crippen LogP contribution in [0.1, 0.15) is 141 Å². The maximum absolute atomic E-state index is 14.2. The first-order valence-corrected chi connectivity index (χ1v) is 21.1. The van der Waals surface area contributed by atoms with Crippen molar-refractivity contribution in [3.8, 4) is 0 Å². The fraction of sp³-hybridized carbons (Fsp3) is 0.791. The van der Waals surface area contributed by atoms with Gasteiger partial charge in [0.15, 0.2) is 17.3 Å². The van der Waals surface area contributed by atoms with Gasteiger partial charge in [0.2, 0.25) is 17.7 Å². The zero-order valence-corrected chi connectivity index (χ0v) is 38.4.